The quantitative estimate of drug-likeness (QED) is 0.550. The van der Waals surface area contributed by atoms with E-state index in [0.29, 0.717) is 5.75 Å². The van der Waals surface area contributed by atoms with E-state index in [9.17, 15) is 9.59 Å². The molecule has 0 aromatic carbocycles. The van der Waals surface area contributed by atoms with Gasteiger partial charge in [0.15, 0.2) is 11.9 Å². The van der Waals surface area contributed by atoms with Gasteiger partial charge in [0.05, 0.1) is 5.92 Å². The first kappa shape index (κ1) is 15.4. The molecule has 0 heterocycles. The van der Waals surface area contributed by atoms with E-state index in [1.54, 1.807) is 6.92 Å². The van der Waals surface area contributed by atoms with Crippen molar-refractivity contribution in [3.05, 3.63) is 0 Å². The van der Waals surface area contributed by atoms with Gasteiger partial charge >= 0.3 is 5.97 Å². The monoisotopic (exact) mass is 248 g/mol. The Bertz CT molecular complexity index is 245. The zero-order valence-electron chi connectivity index (χ0n) is 10.5. The molecule has 1 unspecified atom stereocenters. The van der Waals surface area contributed by atoms with E-state index in [0.717, 1.165) is 0 Å². The van der Waals surface area contributed by atoms with Crippen LogP contribution in [-0.4, -0.2) is 30.7 Å². The molecule has 5 heteroatoms. The summed E-state index contributed by atoms with van der Waals surface area (Å²) in [5.74, 6) is -0.193. The van der Waals surface area contributed by atoms with Crippen LogP contribution in [0.2, 0.25) is 0 Å². The normalized spacial score (nSPS) is 13.3. The van der Waals surface area contributed by atoms with E-state index in [-0.39, 0.29) is 29.2 Å². The van der Waals surface area contributed by atoms with Crippen LogP contribution in [0.25, 0.3) is 0 Å². The number of hydrogen-bond acceptors (Lipinski definition) is 5. The fraction of sp³-hybridized carbons (Fsp3) is 0.818. The Morgan fingerprint density at radius 3 is 2.31 bits per heavy atom. The third-order valence-corrected chi connectivity index (χ3v) is 3.34. The first-order chi connectivity index (χ1) is 7.29. The zero-order chi connectivity index (χ0) is 12.8. The lowest BCUT2D eigenvalue weighted by Gasteiger charge is -2.17. The Balaban J connectivity index is 3.93. The molecule has 0 aliphatic rings. The van der Waals surface area contributed by atoms with Crippen molar-refractivity contribution in [2.45, 2.75) is 27.7 Å². The predicted molar refractivity (Wildman–Crippen MR) is 64.1 cm³/mol. The van der Waals surface area contributed by atoms with Crippen LogP contribution in [0, 0.1) is 11.3 Å². The first-order valence-electron chi connectivity index (χ1n) is 5.12. The number of carbonyl (C=O) groups excluding carboxylic acids is 2. The topological polar surface area (TPSA) is 52.6 Å². The molecule has 0 aliphatic carbocycles. The summed E-state index contributed by atoms with van der Waals surface area (Å²) in [7, 11) is 1.45. The van der Waals surface area contributed by atoms with Crippen LogP contribution in [0.4, 0.5) is 0 Å². The Morgan fingerprint density at radius 2 is 1.88 bits per heavy atom. The third-order valence-electron chi connectivity index (χ3n) is 1.80. The van der Waals surface area contributed by atoms with Crippen LogP contribution < -0.4 is 0 Å². The number of thioether (sulfide) groups is 1. The Hall–Kier alpha value is -0.550. The van der Waals surface area contributed by atoms with E-state index in [1.165, 1.54) is 18.9 Å². The molecule has 0 rings (SSSR count). The van der Waals surface area contributed by atoms with Crippen molar-refractivity contribution in [3.63, 3.8) is 0 Å². The van der Waals surface area contributed by atoms with Gasteiger partial charge in [-0.05, 0) is 0 Å². The second-order valence-electron chi connectivity index (χ2n) is 4.62. The fourth-order valence-corrected chi connectivity index (χ4v) is 1.71. The Morgan fingerprint density at radius 1 is 1.31 bits per heavy atom. The van der Waals surface area contributed by atoms with Crippen molar-refractivity contribution in [2.24, 2.45) is 11.3 Å². The summed E-state index contributed by atoms with van der Waals surface area (Å²) in [6, 6.07) is 0. The van der Waals surface area contributed by atoms with Gasteiger partial charge in [0.2, 0.25) is 0 Å². The largest absolute Gasteiger partial charge is 0.438 e. The summed E-state index contributed by atoms with van der Waals surface area (Å²) in [6.45, 7) is 7.27. The second kappa shape index (κ2) is 6.91. The fourth-order valence-electron chi connectivity index (χ4n) is 0.744. The first-order valence-corrected chi connectivity index (χ1v) is 6.10. The number of rotatable bonds is 5. The lowest BCUT2D eigenvalue weighted by atomic mass is 10.00. The van der Waals surface area contributed by atoms with Gasteiger partial charge in [-0.15, -0.1) is 0 Å². The molecule has 4 nitrogen and oxygen atoms in total. The highest BCUT2D eigenvalue weighted by Crippen LogP contribution is 2.24. The van der Waals surface area contributed by atoms with Gasteiger partial charge in [0.1, 0.15) is 0 Å². The SMILES string of the molecule is COCOC(=O)C(C)CSC(=O)C(C)(C)C. The van der Waals surface area contributed by atoms with E-state index in [2.05, 4.69) is 4.74 Å². The van der Waals surface area contributed by atoms with Crippen LogP contribution in [-0.2, 0) is 19.1 Å². The summed E-state index contributed by atoms with van der Waals surface area (Å²) in [4.78, 5) is 22.9. The van der Waals surface area contributed by atoms with Gasteiger partial charge in [-0.2, -0.15) is 0 Å². The van der Waals surface area contributed by atoms with Crippen molar-refractivity contribution in [3.8, 4) is 0 Å². The Kier molecular flexibility index (Phi) is 6.67. The Labute approximate surface area is 101 Å². The minimum Gasteiger partial charge on any atom is -0.438 e. The van der Waals surface area contributed by atoms with Crippen molar-refractivity contribution in [1.29, 1.82) is 0 Å². The van der Waals surface area contributed by atoms with Crippen LogP contribution in [0.5, 0.6) is 0 Å². The highest BCUT2D eigenvalue weighted by Gasteiger charge is 2.24. The molecule has 16 heavy (non-hydrogen) atoms. The molecule has 1 atom stereocenters. The maximum Gasteiger partial charge on any atom is 0.311 e. The maximum absolute atomic E-state index is 11.6. The lowest BCUT2D eigenvalue weighted by Crippen LogP contribution is -2.22. The lowest BCUT2D eigenvalue weighted by molar-refractivity contribution is -0.157. The molecule has 94 valence electrons. The molecule has 0 bridgehead atoms. The van der Waals surface area contributed by atoms with Gasteiger partial charge in [0.25, 0.3) is 0 Å². The third kappa shape index (κ3) is 6.12. The second-order valence-corrected chi connectivity index (χ2v) is 5.61. The van der Waals surface area contributed by atoms with E-state index >= 15 is 0 Å². The average molecular weight is 248 g/mol. The van der Waals surface area contributed by atoms with Crippen molar-refractivity contribution >= 4 is 22.8 Å². The summed E-state index contributed by atoms with van der Waals surface area (Å²) < 4.78 is 9.41. The molecular weight excluding hydrogens is 228 g/mol. The molecule has 0 spiro atoms. The van der Waals surface area contributed by atoms with Crippen molar-refractivity contribution in [1.82, 2.24) is 0 Å². The van der Waals surface area contributed by atoms with E-state index < -0.39 is 0 Å². The molecular formula is C11H20O4S. The van der Waals surface area contributed by atoms with E-state index in [4.69, 9.17) is 4.74 Å². The molecule has 0 radical (unpaired) electrons. The molecule has 0 aromatic rings. The number of methoxy groups -OCH3 is 1. The van der Waals surface area contributed by atoms with Crippen LogP contribution in [0.1, 0.15) is 27.7 Å². The summed E-state index contributed by atoms with van der Waals surface area (Å²) in [5, 5.41) is 0.0823. The van der Waals surface area contributed by atoms with Gasteiger partial charge in [-0.1, -0.05) is 39.5 Å². The average Bonchev–Trinajstić information content (AvgIpc) is 2.20. The molecule has 0 aliphatic heterocycles. The van der Waals surface area contributed by atoms with E-state index in [1.807, 2.05) is 20.8 Å². The number of hydrogen-bond donors (Lipinski definition) is 0. The van der Waals surface area contributed by atoms with Crippen LogP contribution in [0.3, 0.4) is 0 Å². The van der Waals surface area contributed by atoms with Crippen molar-refractivity contribution in [2.75, 3.05) is 19.7 Å². The van der Waals surface area contributed by atoms with Gasteiger partial charge in [-0.3, -0.25) is 9.59 Å². The highest BCUT2D eigenvalue weighted by molar-refractivity contribution is 8.13. The number of esters is 1. The summed E-state index contributed by atoms with van der Waals surface area (Å²) in [6.07, 6.45) is 0. The van der Waals surface area contributed by atoms with Gasteiger partial charge < -0.3 is 9.47 Å². The van der Waals surface area contributed by atoms with Crippen LogP contribution >= 0.6 is 11.8 Å². The maximum atomic E-state index is 11.6. The van der Waals surface area contributed by atoms with Gasteiger partial charge in [-0.25, -0.2) is 0 Å². The molecule has 0 N–H and O–H groups in total. The smallest absolute Gasteiger partial charge is 0.311 e. The van der Waals surface area contributed by atoms with Crippen LogP contribution in [0.15, 0.2) is 0 Å². The molecule has 0 aromatic heterocycles. The standard InChI is InChI=1S/C11H20O4S/c1-8(9(12)15-7-14-5)6-16-10(13)11(2,3)4/h8H,6-7H2,1-5H3. The minimum absolute atomic E-state index is 0.0406. The number of ether oxygens (including phenoxy) is 2. The highest BCUT2D eigenvalue weighted by atomic mass is 32.2. The molecule has 0 saturated carbocycles. The van der Waals surface area contributed by atoms with Crippen molar-refractivity contribution < 1.29 is 19.1 Å². The summed E-state index contributed by atoms with van der Waals surface area (Å²) >= 11 is 1.17. The minimum atomic E-state index is -0.374. The van der Waals surface area contributed by atoms with Gasteiger partial charge in [0, 0.05) is 18.3 Å². The predicted octanol–water partition coefficient (Wildman–Crippen LogP) is 2.08. The molecule has 0 saturated heterocycles. The molecule has 0 fully saturated rings. The number of carbonyl (C=O) groups is 2. The zero-order valence-corrected chi connectivity index (χ0v) is 11.3. The molecule has 0 amide bonds. The summed E-state index contributed by atoms with van der Waals surface area (Å²) in [5.41, 5.74) is -0.374.